The highest BCUT2D eigenvalue weighted by Gasteiger charge is 2.26. The molecule has 1 unspecified atom stereocenters. The van der Waals surface area contributed by atoms with Crippen molar-refractivity contribution < 1.29 is 22.7 Å². The van der Waals surface area contributed by atoms with E-state index in [1.807, 2.05) is 0 Å². The lowest BCUT2D eigenvalue weighted by Gasteiger charge is -2.21. The highest BCUT2D eigenvalue weighted by molar-refractivity contribution is 7.89. The van der Waals surface area contributed by atoms with Gasteiger partial charge >= 0.3 is 5.97 Å². The standard InChI is InChI=1S/C12H24N2O5S/c1-6-20(17,18)14-8-7-13-10(15)9(2)11(16)19-12(3,4)5/h9,14H,6-8H2,1-5H3,(H,13,15). The number of amides is 1. The number of nitrogens with one attached hydrogen (secondary N) is 2. The molecular weight excluding hydrogens is 284 g/mol. The van der Waals surface area contributed by atoms with Crippen molar-refractivity contribution in [3.63, 3.8) is 0 Å². The van der Waals surface area contributed by atoms with Crippen molar-refractivity contribution in [3.8, 4) is 0 Å². The first-order valence-electron chi connectivity index (χ1n) is 6.46. The van der Waals surface area contributed by atoms with Gasteiger partial charge in [0.1, 0.15) is 11.5 Å². The van der Waals surface area contributed by atoms with Crippen molar-refractivity contribution in [1.29, 1.82) is 0 Å². The van der Waals surface area contributed by atoms with Gasteiger partial charge in [0.2, 0.25) is 15.9 Å². The maximum atomic E-state index is 11.7. The van der Waals surface area contributed by atoms with E-state index in [0.29, 0.717) is 0 Å². The molecule has 0 spiro atoms. The van der Waals surface area contributed by atoms with E-state index in [1.54, 1.807) is 20.8 Å². The molecule has 20 heavy (non-hydrogen) atoms. The van der Waals surface area contributed by atoms with Crippen LogP contribution in [0.25, 0.3) is 0 Å². The van der Waals surface area contributed by atoms with Crippen LogP contribution >= 0.6 is 0 Å². The van der Waals surface area contributed by atoms with Gasteiger partial charge < -0.3 is 10.1 Å². The van der Waals surface area contributed by atoms with Gasteiger partial charge in [-0.25, -0.2) is 13.1 Å². The van der Waals surface area contributed by atoms with Gasteiger partial charge in [0.05, 0.1) is 5.75 Å². The van der Waals surface area contributed by atoms with Crippen LogP contribution in [0.1, 0.15) is 34.6 Å². The molecule has 0 fully saturated rings. The predicted molar refractivity (Wildman–Crippen MR) is 75.5 cm³/mol. The average molecular weight is 308 g/mol. The normalized spacial score (nSPS) is 13.7. The van der Waals surface area contributed by atoms with Gasteiger partial charge in [0, 0.05) is 13.1 Å². The summed E-state index contributed by atoms with van der Waals surface area (Å²) in [4.78, 5) is 23.3. The summed E-state index contributed by atoms with van der Waals surface area (Å²) in [5.74, 6) is -2.05. The molecule has 0 aromatic heterocycles. The van der Waals surface area contributed by atoms with Crippen LogP contribution in [-0.2, 0) is 24.3 Å². The van der Waals surface area contributed by atoms with Crippen LogP contribution in [0.4, 0.5) is 0 Å². The van der Waals surface area contributed by atoms with E-state index in [0.717, 1.165) is 0 Å². The average Bonchev–Trinajstić information content (AvgIpc) is 2.31. The van der Waals surface area contributed by atoms with Crippen LogP contribution in [0, 0.1) is 5.92 Å². The lowest BCUT2D eigenvalue weighted by Crippen LogP contribution is -2.41. The Morgan fingerprint density at radius 2 is 1.75 bits per heavy atom. The number of sulfonamides is 1. The molecular formula is C12H24N2O5S. The fraction of sp³-hybridized carbons (Fsp3) is 0.833. The molecule has 2 N–H and O–H groups in total. The largest absolute Gasteiger partial charge is 0.459 e. The van der Waals surface area contributed by atoms with Crippen LogP contribution in [0.3, 0.4) is 0 Å². The minimum Gasteiger partial charge on any atom is -0.459 e. The van der Waals surface area contributed by atoms with Crippen molar-refractivity contribution in [1.82, 2.24) is 10.0 Å². The summed E-state index contributed by atoms with van der Waals surface area (Å²) in [6.07, 6.45) is 0. The summed E-state index contributed by atoms with van der Waals surface area (Å²) in [5.41, 5.74) is -0.650. The summed E-state index contributed by atoms with van der Waals surface area (Å²) in [5, 5.41) is 2.48. The summed E-state index contributed by atoms with van der Waals surface area (Å²) < 4.78 is 29.7. The number of hydrogen-bond donors (Lipinski definition) is 2. The molecule has 118 valence electrons. The zero-order chi connectivity index (χ0) is 16.0. The maximum absolute atomic E-state index is 11.7. The molecule has 8 heteroatoms. The lowest BCUT2D eigenvalue weighted by molar-refractivity contribution is -0.161. The van der Waals surface area contributed by atoms with Crippen molar-refractivity contribution >= 4 is 21.9 Å². The number of rotatable bonds is 7. The Hall–Kier alpha value is -1.15. The number of hydrogen-bond acceptors (Lipinski definition) is 5. The van der Waals surface area contributed by atoms with Crippen LogP contribution in [-0.4, -0.2) is 44.7 Å². The second-order valence-corrected chi connectivity index (χ2v) is 7.44. The first-order chi connectivity index (χ1) is 8.98. The van der Waals surface area contributed by atoms with E-state index in [2.05, 4.69) is 10.0 Å². The summed E-state index contributed by atoms with van der Waals surface area (Å²) in [7, 11) is -3.27. The van der Waals surface area contributed by atoms with E-state index >= 15 is 0 Å². The molecule has 7 nitrogen and oxygen atoms in total. The van der Waals surface area contributed by atoms with E-state index in [4.69, 9.17) is 4.74 Å². The molecule has 0 aliphatic carbocycles. The monoisotopic (exact) mass is 308 g/mol. The third-order valence-electron chi connectivity index (χ3n) is 2.28. The Bertz CT molecular complexity index is 439. The van der Waals surface area contributed by atoms with Crippen LogP contribution < -0.4 is 10.0 Å². The lowest BCUT2D eigenvalue weighted by atomic mass is 10.1. The zero-order valence-electron chi connectivity index (χ0n) is 12.6. The van der Waals surface area contributed by atoms with Gasteiger partial charge in [-0.05, 0) is 34.6 Å². The molecule has 0 aromatic rings. The quantitative estimate of drug-likeness (QED) is 0.392. The Labute approximate surface area is 120 Å². The van der Waals surface area contributed by atoms with Gasteiger partial charge in [-0.1, -0.05) is 0 Å². The minimum atomic E-state index is -3.27. The number of carbonyl (C=O) groups is 2. The zero-order valence-corrected chi connectivity index (χ0v) is 13.5. The second-order valence-electron chi connectivity index (χ2n) is 5.34. The first kappa shape index (κ1) is 18.9. The molecule has 0 bridgehead atoms. The van der Waals surface area contributed by atoms with Gasteiger partial charge in [-0.2, -0.15) is 0 Å². The van der Waals surface area contributed by atoms with Crippen LogP contribution in [0.2, 0.25) is 0 Å². The molecule has 0 aliphatic heterocycles. The second kappa shape index (κ2) is 7.58. The molecule has 0 saturated heterocycles. The number of carbonyl (C=O) groups excluding carboxylic acids is 2. The SMILES string of the molecule is CCS(=O)(=O)NCCNC(=O)C(C)C(=O)OC(C)(C)C. The number of esters is 1. The molecule has 1 atom stereocenters. The summed E-state index contributed by atoms with van der Waals surface area (Å²) in [6.45, 7) is 8.32. The van der Waals surface area contributed by atoms with E-state index in [1.165, 1.54) is 13.8 Å². The Balaban J connectivity index is 4.13. The van der Waals surface area contributed by atoms with Crippen molar-refractivity contribution in [3.05, 3.63) is 0 Å². The molecule has 1 amide bonds. The Morgan fingerprint density at radius 1 is 1.20 bits per heavy atom. The molecule has 0 saturated carbocycles. The van der Waals surface area contributed by atoms with E-state index in [9.17, 15) is 18.0 Å². The maximum Gasteiger partial charge on any atom is 0.318 e. The molecule has 0 radical (unpaired) electrons. The van der Waals surface area contributed by atoms with Crippen molar-refractivity contribution in [2.45, 2.75) is 40.2 Å². The topological polar surface area (TPSA) is 102 Å². The predicted octanol–water partition coefficient (Wildman–Crippen LogP) is 0.0197. The summed E-state index contributed by atoms with van der Waals surface area (Å²) >= 11 is 0. The smallest absolute Gasteiger partial charge is 0.318 e. The minimum absolute atomic E-state index is 0.0186. The fourth-order valence-electron chi connectivity index (χ4n) is 1.14. The van der Waals surface area contributed by atoms with Gasteiger partial charge in [-0.3, -0.25) is 9.59 Å². The van der Waals surface area contributed by atoms with Crippen LogP contribution in [0.15, 0.2) is 0 Å². The fourth-order valence-corrected chi connectivity index (χ4v) is 1.76. The van der Waals surface area contributed by atoms with Crippen molar-refractivity contribution in [2.24, 2.45) is 5.92 Å². The third-order valence-corrected chi connectivity index (χ3v) is 3.68. The molecule has 0 aromatic carbocycles. The van der Waals surface area contributed by atoms with Gasteiger partial charge in [0.15, 0.2) is 0 Å². The highest BCUT2D eigenvalue weighted by atomic mass is 32.2. The van der Waals surface area contributed by atoms with Gasteiger partial charge in [0.25, 0.3) is 0 Å². The van der Waals surface area contributed by atoms with E-state index in [-0.39, 0.29) is 18.8 Å². The summed E-state index contributed by atoms with van der Waals surface area (Å²) in [6, 6.07) is 0. The highest BCUT2D eigenvalue weighted by Crippen LogP contribution is 2.11. The molecule has 0 heterocycles. The van der Waals surface area contributed by atoms with Crippen LogP contribution in [0.5, 0.6) is 0 Å². The van der Waals surface area contributed by atoms with E-state index < -0.39 is 33.4 Å². The molecule has 0 rings (SSSR count). The third kappa shape index (κ3) is 8.11. The first-order valence-corrected chi connectivity index (χ1v) is 8.11. The Morgan fingerprint density at radius 3 is 2.20 bits per heavy atom. The van der Waals surface area contributed by atoms with Gasteiger partial charge in [-0.15, -0.1) is 0 Å². The Kier molecular flexibility index (Phi) is 7.15. The number of ether oxygens (including phenoxy) is 1. The molecule has 0 aliphatic rings. The van der Waals surface area contributed by atoms with Crippen molar-refractivity contribution in [2.75, 3.05) is 18.8 Å².